The first kappa shape index (κ1) is 25.8. The Labute approximate surface area is 214 Å². The molecule has 0 bridgehead atoms. The van der Waals surface area contributed by atoms with Gasteiger partial charge in [0.05, 0.1) is 28.3 Å². The number of rotatable bonds is 6. The van der Waals surface area contributed by atoms with Gasteiger partial charge in [-0.3, -0.25) is 0 Å². The van der Waals surface area contributed by atoms with Gasteiger partial charge >= 0.3 is 6.18 Å². The van der Waals surface area contributed by atoms with E-state index in [1.54, 1.807) is 18.2 Å². The third-order valence-electron chi connectivity index (χ3n) is 5.40. The van der Waals surface area contributed by atoms with Crippen LogP contribution < -0.4 is 10.1 Å². The molecule has 0 aromatic heterocycles. The lowest BCUT2D eigenvalue weighted by Crippen LogP contribution is -2.34. The molecule has 2 atom stereocenters. The Balaban J connectivity index is 1.69. The number of nitrogens with zero attached hydrogens (tertiary/aromatic N) is 1. The SMILES string of the molecule is O=S(=O)(NC(C1=NNC(c2ccc(Cl)cc2)C1)c1ccc(Cl)cc1Cl)c1cccc(C(F)(F)F)c1. The Hall–Kier alpha value is -2.30. The summed E-state index contributed by atoms with van der Waals surface area (Å²) in [5, 5.41) is 5.40. The molecular formula is C23H17Cl3F3N3O2S. The molecule has 3 aromatic rings. The van der Waals surface area contributed by atoms with Crippen molar-refractivity contribution in [3.63, 3.8) is 0 Å². The molecule has 4 rings (SSSR count). The minimum absolute atomic E-state index is 0.173. The van der Waals surface area contributed by atoms with Crippen LogP contribution >= 0.6 is 34.8 Å². The molecule has 0 amide bonds. The van der Waals surface area contributed by atoms with E-state index in [0.29, 0.717) is 33.8 Å². The first-order chi connectivity index (χ1) is 16.4. The van der Waals surface area contributed by atoms with E-state index in [2.05, 4.69) is 15.2 Å². The molecule has 0 spiro atoms. The van der Waals surface area contributed by atoms with Gasteiger partial charge in [-0.15, -0.1) is 0 Å². The van der Waals surface area contributed by atoms with Crippen molar-refractivity contribution in [1.29, 1.82) is 0 Å². The molecule has 2 unspecified atom stereocenters. The summed E-state index contributed by atoms with van der Waals surface area (Å²) in [5.74, 6) is 0. The summed E-state index contributed by atoms with van der Waals surface area (Å²) < 4.78 is 68.3. The topological polar surface area (TPSA) is 70.6 Å². The molecular weight excluding hydrogens is 546 g/mol. The van der Waals surface area contributed by atoms with E-state index in [4.69, 9.17) is 34.8 Å². The number of hydrogen-bond acceptors (Lipinski definition) is 4. The van der Waals surface area contributed by atoms with Crippen LogP contribution in [0, 0.1) is 0 Å². The minimum Gasteiger partial charge on any atom is -0.302 e. The third-order valence-corrected chi connectivity index (χ3v) is 7.64. The van der Waals surface area contributed by atoms with Crippen LogP contribution in [0.15, 0.2) is 76.7 Å². The molecule has 0 saturated heterocycles. The van der Waals surface area contributed by atoms with Crippen molar-refractivity contribution in [1.82, 2.24) is 10.1 Å². The number of hydrogen-bond donors (Lipinski definition) is 2. The van der Waals surface area contributed by atoms with Crippen LogP contribution in [0.25, 0.3) is 0 Å². The normalized spacial score (nSPS) is 17.1. The van der Waals surface area contributed by atoms with Crippen LogP contribution in [0.2, 0.25) is 15.1 Å². The van der Waals surface area contributed by atoms with Gasteiger partial charge in [0.25, 0.3) is 0 Å². The van der Waals surface area contributed by atoms with E-state index >= 15 is 0 Å². The molecule has 5 nitrogen and oxygen atoms in total. The van der Waals surface area contributed by atoms with Crippen molar-refractivity contribution >= 4 is 50.5 Å². The van der Waals surface area contributed by atoms with E-state index in [1.165, 1.54) is 12.1 Å². The van der Waals surface area contributed by atoms with Gasteiger partial charge < -0.3 is 5.43 Å². The van der Waals surface area contributed by atoms with Crippen molar-refractivity contribution < 1.29 is 21.6 Å². The van der Waals surface area contributed by atoms with E-state index in [1.807, 2.05) is 12.1 Å². The van der Waals surface area contributed by atoms with Gasteiger partial charge in [0.2, 0.25) is 10.0 Å². The Morgan fingerprint density at radius 2 is 1.66 bits per heavy atom. The monoisotopic (exact) mass is 561 g/mol. The van der Waals surface area contributed by atoms with Crippen molar-refractivity contribution in [2.45, 2.75) is 29.6 Å². The van der Waals surface area contributed by atoms with Gasteiger partial charge in [0.1, 0.15) is 0 Å². The lowest BCUT2D eigenvalue weighted by atomic mass is 9.96. The van der Waals surface area contributed by atoms with E-state index < -0.39 is 32.7 Å². The second kappa shape index (κ2) is 9.99. The molecule has 1 aliphatic rings. The summed E-state index contributed by atoms with van der Waals surface area (Å²) in [6, 6.07) is 13.8. The highest BCUT2D eigenvalue weighted by molar-refractivity contribution is 7.89. The number of halogens is 6. The number of sulfonamides is 1. The fourth-order valence-corrected chi connectivity index (χ4v) is 5.53. The van der Waals surface area contributed by atoms with Gasteiger partial charge in [-0.25, -0.2) is 8.42 Å². The maximum atomic E-state index is 13.2. The molecule has 0 aliphatic carbocycles. The van der Waals surface area contributed by atoms with E-state index in [9.17, 15) is 21.6 Å². The minimum atomic E-state index is -4.70. The van der Waals surface area contributed by atoms with Crippen molar-refractivity contribution in [2.75, 3.05) is 0 Å². The Bertz CT molecular complexity index is 1380. The Morgan fingerprint density at radius 1 is 0.971 bits per heavy atom. The molecule has 12 heteroatoms. The zero-order valence-electron chi connectivity index (χ0n) is 17.7. The average molecular weight is 563 g/mol. The highest BCUT2D eigenvalue weighted by atomic mass is 35.5. The molecule has 3 aromatic carbocycles. The molecule has 35 heavy (non-hydrogen) atoms. The fourth-order valence-electron chi connectivity index (χ4n) is 3.64. The smallest absolute Gasteiger partial charge is 0.302 e. The van der Waals surface area contributed by atoms with Gasteiger partial charge in [-0.2, -0.15) is 23.0 Å². The number of hydrazone groups is 1. The summed E-state index contributed by atoms with van der Waals surface area (Å²) in [6.07, 6.45) is -4.40. The summed E-state index contributed by atoms with van der Waals surface area (Å²) in [5.41, 5.74) is 3.51. The largest absolute Gasteiger partial charge is 0.416 e. The zero-order valence-corrected chi connectivity index (χ0v) is 20.7. The highest BCUT2D eigenvalue weighted by Crippen LogP contribution is 2.35. The van der Waals surface area contributed by atoms with E-state index in [0.717, 1.165) is 23.8 Å². The quantitative estimate of drug-likeness (QED) is 0.348. The molecule has 0 fully saturated rings. The number of benzene rings is 3. The van der Waals surface area contributed by atoms with Gasteiger partial charge in [0.15, 0.2) is 0 Å². The Kier molecular flexibility index (Phi) is 7.36. The fraction of sp³-hybridized carbons (Fsp3) is 0.174. The van der Waals surface area contributed by atoms with Crippen LogP contribution in [0.3, 0.4) is 0 Å². The first-order valence-electron chi connectivity index (χ1n) is 10.2. The second-order valence-corrected chi connectivity index (χ2v) is 10.8. The predicted molar refractivity (Wildman–Crippen MR) is 130 cm³/mol. The van der Waals surface area contributed by atoms with Crippen LogP contribution in [0.5, 0.6) is 0 Å². The summed E-state index contributed by atoms with van der Waals surface area (Å²) >= 11 is 18.3. The third kappa shape index (κ3) is 5.92. The number of nitrogens with one attached hydrogen (secondary N) is 2. The number of alkyl halides is 3. The Morgan fingerprint density at radius 3 is 2.31 bits per heavy atom. The first-order valence-corrected chi connectivity index (χ1v) is 12.8. The van der Waals surface area contributed by atoms with Crippen molar-refractivity contribution in [3.05, 3.63) is 98.5 Å². The molecule has 184 valence electrons. The summed E-state index contributed by atoms with van der Waals surface area (Å²) in [7, 11) is -4.41. The average Bonchev–Trinajstić information content (AvgIpc) is 3.28. The van der Waals surface area contributed by atoms with Crippen LogP contribution in [0.4, 0.5) is 13.2 Å². The molecule has 1 aliphatic heterocycles. The summed E-state index contributed by atoms with van der Waals surface area (Å²) in [6.45, 7) is 0. The maximum absolute atomic E-state index is 13.2. The zero-order chi connectivity index (χ0) is 25.4. The molecule has 2 N–H and O–H groups in total. The summed E-state index contributed by atoms with van der Waals surface area (Å²) in [4.78, 5) is -0.539. The van der Waals surface area contributed by atoms with Gasteiger partial charge in [-0.05, 0) is 53.6 Å². The van der Waals surface area contributed by atoms with E-state index in [-0.39, 0.29) is 11.1 Å². The van der Waals surface area contributed by atoms with Crippen LogP contribution in [0.1, 0.15) is 35.2 Å². The lowest BCUT2D eigenvalue weighted by Gasteiger charge is -2.21. The molecule has 0 radical (unpaired) electrons. The van der Waals surface area contributed by atoms with Crippen LogP contribution in [-0.4, -0.2) is 14.1 Å². The van der Waals surface area contributed by atoms with Crippen molar-refractivity contribution in [2.24, 2.45) is 5.10 Å². The van der Waals surface area contributed by atoms with Crippen LogP contribution in [-0.2, 0) is 16.2 Å². The highest BCUT2D eigenvalue weighted by Gasteiger charge is 2.34. The molecule has 1 heterocycles. The van der Waals surface area contributed by atoms with Gasteiger partial charge in [0, 0.05) is 21.5 Å². The van der Waals surface area contributed by atoms with Crippen molar-refractivity contribution in [3.8, 4) is 0 Å². The second-order valence-electron chi connectivity index (χ2n) is 7.79. The predicted octanol–water partition coefficient (Wildman–Crippen LogP) is 6.78. The maximum Gasteiger partial charge on any atom is 0.416 e. The van der Waals surface area contributed by atoms with Gasteiger partial charge in [-0.1, -0.05) is 59.1 Å². The molecule has 0 saturated carbocycles. The lowest BCUT2D eigenvalue weighted by molar-refractivity contribution is -0.137. The standard InChI is InChI=1S/C23H17Cl3F3N3O2S/c24-15-6-4-13(5-7-15)20-12-21(31-30-20)22(18-9-8-16(25)11-19(18)26)32-35(33,34)17-3-1-2-14(10-17)23(27,28)29/h1-11,20,22,30,32H,12H2.